The zero-order valence-corrected chi connectivity index (χ0v) is 11.7. The average Bonchev–Trinajstić information content (AvgIpc) is 2.52. The standard InChI is InChI=1S/C14H25N3/c1-11(2)15-8-6-7-12(3)9-14-10-13(4)16-17(14)5/h7,10-11,15H,6,8-9H2,1-5H3. The van der Waals surface area contributed by atoms with Gasteiger partial charge in [-0.25, -0.2) is 0 Å². The van der Waals surface area contributed by atoms with E-state index in [-0.39, 0.29) is 0 Å². The molecule has 1 aromatic heterocycles. The first-order valence-corrected chi connectivity index (χ1v) is 6.37. The first-order chi connectivity index (χ1) is 7.99. The molecular weight excluding hydrogens is 210 g/mol. The van der Waals surface area contributed by atoms with E-state index in [1.165, 1.54) is 11.3 Å². The van der Waals surface area contributed by atoms with E-state index in [4.69, 9.17) is 0 Å². The number of nitrogens with one attached hydrogen (secondary N) is 1. The molecule has 3 nitrogen and oxygen atoms in total. The van der Waals surface area contributed by atoms with E-state index in [0.29, 0.717) is 6.04 Å². The summed E-state index contributed by atoms with van der Waals surface area (Å²) in [6.07, 6.45) is 4.41. The van der Waals surface area contributed by atoms with Gasteiger partial charge < -0.3 is 5.32 Å². The van der Waals surface area contributed by atoms with Gasteiger partial charge in [-0.15, -0.1) is 0 Å². The van der Waals surface area contributed by atoms with Gasteiger partial charge in [-0.1, -0.05) is 25.5 Å². The monoisotopic (exact) mass is 235 g/mol. The molecule has 0 aromatic carbocycles. The van der Waals surface area contributed by atoms with Crippen LogP contribution in [0.5, 0.6) is 0 Å². The number of aryl methyl sites for hydroxylation is 2. The highest BCUT2D eigenvalue weighted by atomic mass is 15.3. The van der Waals surface area contributed by atoms with Crippen molar-refractivity contribution in [2.75, 3.05) is 6.54 Å². The van der Waals surface area contributed by atoms with Gasteiger partial charge >= 0.3 is 0 Å². The largest absolute Gasteiger partial charge is 0.314 e. The van der Waals surface area contributed by atoms with Crippen LogP contribution in [0.1, 0.15) is 38.6 Å². The lowest BCUT2D eigenvalue weighted by Crippen LogP contribution is -2.23. The molecular formula is C14H25N3. The second-order valence-corrected chi connectivity index (χ2v) is 5.03. The molecule has 0 radical (unpaired) electrons. The number of aromatic nitrogens is 2. The number of nitrogens with zero attached hydrogens (tertiary/aromatic N) is 2. The van der Waals surface area contributed by atoms with Crippen LogP contribution in [0.2, 0.25) is 0 Å². The summed E-state index contributed by atoms with van der Waals surface area (Å²) in [5.41, 5.74) is 3.79. The minimum absolute atomic E-state index is 0.573. The third-order valence-corrected chi connectivity index (χ3v) is 2.75. The van der Waals surface area contributed by atoms with Crippen molar-refractivity contribution in [1.82, 2.24) is 15.1 Å². The summed E-state index contributed by atoms with van der Waals surface area (Å²) in [5.74, 6) is 0. The molecule has 0 saturated carbocycles. The summed E-state index contributed by atoms with van der Waals surface area (Å²) in [4.78, 5) is 0. The summed E-state index contributed by atoms with van der Waals surface area (Å²) < 4.78 is 1.97. The van der Waals surface area contributed by atoms with E-state index >= 15 is 0 Å². The number of hydrogen-bond donors (Lipinski definition) is 1. The van der Waals surface area contributed by atoms with Crippen molar-refractivity contribution in [3.05, 3.63) is 29.1 Å². The number of rotatable bonds is 6. The van der Waals surface area contributed by atoms with E-state index in [1.54, 1.807) is 0 Å². The van der Waals surface area contributed by atoms with Gasteiger partial charge in [-0.05, 0) is 32.9 Å². The van der Waals surface area contributed by atoms with E-state index in [2.05, 4.69) is 43.3 Å². The predicted octanol–water partition coefficient (Wildman–Crippen LogP) is 2.61. The Morgan fingerprint density at radius 3 is 2.76 bits per heavy atom. The van der Waals surface area contributed by atoms with Crippen LogP contribution in [-0.4, -0.2) is 22.4 Å². The van der Waals surface area contributed by atoms with Crippen LogP contribution in [0.3, 0.4) is 0 Å². The fraction of sp³-hybridized carbons (Fsp3) is 0.643. The van der Waals surface area contributed by atoms with Crippen LogP contribution >= 0.6 is 0 Å². The second kappa shape index (κ2) is 6.60. The quantitative estimate of drug-likeness (QED) is 0.607. The molecule has 0 unspecified atom stereocenters. The Hall–Kier alpha value is -1.09. The molecule has 0 aliphatic carbocycles. The summed E-state index contributed by atoms with van der Waals surface area (Å²) in [5, 5.41) is 7.78. The van der Waals surface area contributed by atoms with E-state index in [0.717, 1.165) is 25.1 Å². The van der Waals surface area contributed by atoms with Crippen LogP contribution in [-0.2, 0) is 13.5 Å². The van der Waals surface area contributed by atoms with Crippen LogP contribution in [0.25, 0.3) is 0 Å². The molecule has 1 aromatic rings. The molecule has 0 atom stereocenters. The fourth-order valence-corrected chi connectivity index (χ4v) is 1.88. The van der Waals surface area contributed by atoms with Gasteiger partial charge in [0.05, 0.1) is 5.69 Å². The van der Waals surface area contributed by atoms with E-state index in [1.807, 2.05) is 18.7 Å². The first-order valence-electron chi connectivity index (χ1n) is 6.37. The Morgan fingerprint density at radius 1 is 1.53 bits per heavy atom. The second-order valence-electron chi connectivity index (χ2n) is 5.03. The highest BCUT2D eigenvalue weighted by Crippen LogP contribution is 2.09. The lowest BCUT2D eigenvalue weighted by molar-refractivity contribution is 0.594. The summed E-state index contributed by atoms with van der Waals surface area (Å²) in [6, 6.07) is 2.73. The van der Waals surface area contributed by atoms with Gasteiger partial charge in [0.15, 0.2) is 0 Å². The maximum Gasteiger partial charge on any atom is 0.0596 e. The molecule has 96 valence electrons. The minimum Gasteiger partial charge on any atom is -0.314 e. The Kier molecular flexibility index (Phi) is 5.42. The highest BCUT2D eigenvalue weighted by molar-refractivity contribution is 5.16. The molecule has 0 spiro atoms. The van der Waals surface area contributed by atoms with Crippen LogP contribution < -0.4 is 5.32 Å². The highest BCUT2D eigenvalue weighted by Gasteiger charge is 2.02. The smallest absolute Gasteiger partial charge is 0.0596 e. The SMILES string of the molecule is CC(=CCCNC(C)C)Cc1cc(C)nn1C. The molecule has 1 N–H and O–H groups in total. The van der Waals surface area contributed by atoms with Gasteiger partial charge in [-0.2, -0.15) is 5.10 Å². The molecule has 1 heterocycles. The maximum atomic E-state index is 4.36. The first kappa shape index (κ1) is 14.0. The van der Waals surface area contributed by atoms with Crippen molar-refractivity contribution < 1.29 is 0 Å². The van der Waals surface area contributed by atoms with Crippen LogP contribution in [0.4, 0.5) is 0 Å². The van der Waals surface area contributed by atoms with Crippen molar-refractivity contribution >= 4 is 0 Å². The van der Waals surface area contributed by atoms with E-state index in [9.17, 15) is 0 Å². The Balaban J connectivity index is 2.40. The predicted molar refractivity (Wildman–Crippen MR) is 73.2 cm³/mol. The molecule has 1 rings (SSSR count). The fourth-order valence-electron chi connectivity index (χ4n) is 1.88. The normalized spacial score (nSPS) is 12.5. The third kappa shape index (κ3) is 5.18. The van der Waals surface area contributed by atoms with Crippen LogP contribution in [0.15, 0.2) is 17.7 Å². The summed E-state index contributed by atoms with van der Waals surface area (Å²) in [7, 11) is 2.01. The molecule has 0 fully saturated rings. The Bertz CT molecular complexity index is 375. The Labute approximate surface area is 105 Å². The molecule has 0 amide bonds. The zero-order valence-electron chi connectivity index (χ0n) is 11.7. The van der Waals surface area contributed by atoms with Gasteiger partial charge in [0, 0.05) is 25.2 Å². The summed E-state index contributed by atoms with van der Waals surface area (Å²) >= 11 is 0. The van der Waals surface area contributed by atoms with Crippen molar-refractivity contribution in [2.45, 2.75) is 46.6 Å². The minimum atomic E-state index is 0.573. The molecule has 3 heteroatoms. The van der Waals surface area contributed by atoms with Crippen molar-refractivity contribution in [3.8, 4) is 0 Å². The zero-order chi connectivity index (χ0) is 12.8. The molecule has 17 heavy (non-hydrogen) atoms. The number of hydrogen-bond acceptors (Lipinski definition) is 2. The molecule has 0 saturated heterocycles. The lowest BCUT2D eigenvalue weighted by Gasteiger charge is -2.06. The van der Waals surface area contributed by atoms with Crippen molar-refractivity contribution in [2.24, 2.45) is 7.05 Å². The maximum absolute atomic E-state index is 4.36. The third-order valence-electron chi connectivity index (χ3n) is 2.75. The van der Waals surface area contributed by atoms with Gasteiger partial charge in [0.25, 0.3) is 0 Å². The van der Waals surface area contributed by atoms with E-state index < -0.39 is 0 Å². The summed E-state index contributed by atoms with van der Waals surface area (Å²) in [6.45, 7) is 9.64. The Morgan fingerprint density at radius 2 is 2.24 bits per heavy atom. The molecule has 0 aliphatic rings. The van der Waals surface area contributed by atoms with Gasteiger partial charge in [-0.3, -0.25) is 4.68 Å². The topological polar surface area (TPSA) is 29.9 Å². The van der Waals surface area contributed by atoms with Gasteiger partial charge in [0.2, 0.25) is 0 Å². The lowest BCUT2D eigenvalue weighted by atomic mass is 10.1. The van der Waals surface area contributed by atoms with Gasteiger partial charge in [0.1, 0.15) is 0 Å². The number of allylic oxidation sites excluding steroid dienone is 1. The van der Waals surface area contributed by atoms with Crippen molar-refractivity contribution in [3.63, 3.8) is 0 Å². The van der Waals surface area contributed by atoms with Crippen LogP contribution in [0, 0.1) is 6.92 Å². The average molecular weight is 235 g/mol. The van der Waals surface area contributed by atoms with Crippen molar-refractivity contribution in [1.29, 1.82) is 0 Å². The molecule has 0 aliphatic heterocycles. The molecule has 0 bridgehead atoms.